The van der Waals surface area contributed by atoms with Crippen LogP contribution in [0.2, 0.25) is 0 Å². The average molecular weight is 387 g/mol. The molecule has 2 aromatic rings. The molecule has 7 nitrogen and oxygen atoms in total. The first-order valence-electron chi connectivity index (χ1n) is 6.57. The molecule has 9 heteroatoms. The van der Waals surface area contributed by atoms with E-state index in [1.165, 1.54) is 11.3 Å². The van der Waals surface area contributed by atoms with Gasteiger partial charge in [-0.05, 0) is 29.8 Å². The summed E-state index contributed by atoms with van der Waals surface area (Å²) < 4.78 is 7.30. The normalized spacial score (nSPS) is 10.5. The van der Waals surface area contributed by atoms with E-state index < -0.39 is 0 Å². The Morgan fingerprint density at radius 3 is 2.91 bits per heavy atom. The topological polar surface area (TPSA) is 86.1 Å². The first-order chi connectivity index (χ1) is 10.5. The molecule has 0 bridgehead atoms. The number of carbonyl (C=O) groups is 2. The predicted molar refractivity (Wildman–Crippen MR) is 85.7 cm³/mol. The smallest absolute Gasteiger partial charge is 0.311 e. The maximum absolute atomic E-state index is 12.0. The molecule has 1 N–H and O–H groups in total. The zero-order chi connectivity index (χ0) is 16.1. The first-order valence-corrected chi connectivity index (χ1v) is 8.24. The lowest BCUT2D eigenvalue weighted by molar-refractivity contribution is -0.142. The lowest BCUT2D eigenvalue weighted by Crippen LogP contribution is -2.20. The number of hydrogen-bond acceptors (Lipinski definition) is 6. The summed E-state index contributed by atoms with van der Waals surface area (Å²) in [6.07, 6.45) is 1.74. The Hall–Kier alpha value is -1.74. The summed E-state index contributed by atoms with van der Waals surface area (Å²) in [6.45, 7) is 4.06. The average Bonchev–Trinajstić information content (AvgIpc) is 3.00. The molecule has 0 unspecified atom stereocenters. The molecule has 2 rings (SSSR count). The van der Waals surface area contributed by atoms with Crippen LogP contribution in [-0.4, -0.2) is 33.2 Å². The van der Waals surface area contributed by atoms with Crippen molar-refractivity contribution in [1.29, 1.82) is 0 Å². The second kappa shape index (κ2) is 7.50. The van der Waals surface area contributed by atoms with Crippen LogP contribution in [0.1, 0.15) is 18.3 Å². The molecule has 0 aliphatic carbocycles. The van der Waals surface area contributed by atoms with Crippen LogP contribution in [-0.2, 0) is 27.3 Å². The number of aromatic nitrogens is 3. The van der Waals surface area contributed by atoms with Crippen LogP contribution in [0.25, 0.3) is 0 Å². The molecule has 0 aromatic carbocycles. The van der Waals surface area contributed by atoms with E-state index in [2.05, 4.69) is 31.3 Å². The van der Waals surface area contributed by atoms with Crippen LogP contribution in [0.5, 0.6) is 0 Å². The fourth-order valence-corrected chi connectivity index (χ4v) is 2.71. The highest BCUT2D eigenvalue weighted by atomic mass is 79.9. The van der Waals surface area contributed by atoms with Crippen molar-refractivity contribution in [2.75, 3.05) is 11.9 Å². The highest BCUT2D eigenvalue weighted by molar-refractivity contribution is 9.10. The van der Waals surface area contributed by atoms with Gasteiger partial charge in [0.15, 0.2) is 5.13 Å². The summed E-state index contributed by atoms with van der Waals surface area (Å²) in [6, 6.07) is 0. The van der Waals surface area contributed by atoms with E-state index >= 15 is 0 Å². The Labute approximate surface area is 139 Å². The van der Waals surface area contributed by atoms with Gasteiger partial charge in [-0.15, -0.1) is 11.3 Å². The highest BCUT2D eigenvalue weighted by Crippen LogP contribution is 2.17. The van der Waals surface area contributed by atoms with Gasteiger partial charge in [-0.2, -0.15) is 5.10 Å². The first kappa shape index (κ1) is 16.6. The maximum atomic E-state index is 12.0. The predicted octanol–water partition coefficient (Wildman–Crippen LogP) is 2.15. The molecule has 0 fully saturated rings. The molecule has 0 atom stereocenters. The maximum Gasteiger partial charge on any atom is 0.311 e. The van der Waals surface area contributed by atoms with Crippen LogP contribution in [0.15, 0.2) is 16.0 Å². The third-order valence-electron chi connectivity index (χ3n) is 2.77. The molecule has 0 spiro atoms. The zero-order valence-electron chi connectivity index (χ0n) is 12.1. The van der Waals surface area contributed by atoms with Crippen molar-refractivity contribution >= 4 is 44.3 Å². The summed E-state index contributed by atoms with van der Waals surface area (Å²) in [5.41, 5.74) is 1.45. The minimum absolute atomic E-state index is 0.101. The minimum atomic E-state index is -0.331. The van der Waals surface area contributed by atoms with Crippen molar-refractivity contribution in [2.24, 2.45) is 0 Å². The Morgan fingerprint density at radius 1 is 1.50 bits per heavy atom. The van der Waals surface area contributed by atoms with Crippen LogP contribution in [0, 0.1) is 6.92 Å². The van der Waals surface area contributed by atoms with E-state index in [0.717, 1.165) is 10.2 Å². The SMILES string of the molecule is CCOC(=O)Cc1csc(NC(=O)Cn2ncc(Br)c2C)n1. The zero-order valence-corrected chi connectivity index (χ0v) is 14.5. The minimum Gasteiger partial charge on any atom is -0.466 e. The second-order valence-corrected chi connectivity index (χ2v) is 6.12. The number of rotatable bonds is 6. The van der Waals surface area contributed by atoms with Gasteiger partial charge >= 0.3 is 5.97 Å². The summed E-state index contributed by atoms with van der Waals surface area (Å²) in [5, 5.41) is 8.96. The number of amides is 1. The molecule has 0 aliphatic heterocycles. The van der Waals surface area contributed by atoms with E-state index in [9.17, 15) is 9.59 Å². The molecule has 22 heavy (non-hydrogen) atoms. The van der Waals surface area contributed by atoms with Gasteiger partial charge in [0.2, 0.25) is 5.91 Å². The Morgan fingerprint density at radius 2 is 2.27 bits per heavy atom. The molecular weight excluding hydrogens is 372 g/mol. The highest BCUT2D eigenvalue weighted by Gasteiger charge is 2.12. The number of carbonyl (C=O) groups excluding carboxylic acids is 2. The number of nitrogens with one attached hydrogen (secondary N) is 1. The Balaban J connectivity index is 1.91. The van der Waals surface area contributed by atoms with Crippen LogP contribution in [0.3, 0.4) is 0 Å². The monoisotopic (exact) mass is 386 g/mol. The summed E-state index contributed by atoms with van der Waals surface area (Å²) in [4.78, 5) is 27.5. The van der Waals surface area contributed by atoms with Crippen LogP contribution < -0.4 is 5.32 Å². The van der Waals surface area contributed by atoms with Gasteiger partial charge < -0.3 is 10.1 Å². The summed E-state index contributed by atoms with van der Waals surface area (Å²) in [7, 11) is 0. The lowest BCUT2D eigenvalue weighted by atomic mass is 10.3. The van der Waals surface area contributed by atoms with Crippen molar-refractivity contribution in [3.05, 3.63) is 27.4 Å². The fraction of sp³-hybridized carbons (Fsp3) is 0.385. The molecule has 1 amide bonds. The summed E-state index contributed by atoms with van der Waals surface area (Å²) in [5.74, 6) is -0.557. The molecule has 0 saturated heterocycles. The van der Waals surface area contributed by atoms with E-state index in [4.69, 9.17) is 4.74 Å². The number of nitrogens with zero attached hydrogens (tertiary/aromatic N) is 3. The summed E-state index contributed by atoms with van der Waals surface area (Å²) >= 11 is 4.61. The number of anilines is 1. The fourth-order valence-electron chi connectivity index (χ4n) is 1.68. The molecule has 0 saturated carbocycles. The van der Waals surface area contributed by atoms with Crippen molar-refractivity contribution < 1.29 is 14.3 Å². The second-order valence-electron chi connectivity index (χ2n) is 4.41. The van der Waals surface area contributed by atoms with E-state index in [-0.39, 0.29) is 24.8 Å². The van der Waals surface area contributed by atoms with Crippen molar-refractivity contribution in [2.45, 2.75) is 26.8 Å². The van der Waals surface area contributed by atoms with Gasteiger partial charge in [-0.25, -0.2) is 4.98 Å². The van der Waals surface area contributed by atoms with Gasteiger partial charge in [0.25, 0.3) is 0 Å². The number of ether oxygens (including phenoxy) is 1. The van der Waals surface area contributed by atoms with Crippen LogP contribution >= 0.6 is 27.3 Å². The van der Waals surface area contributed by atoms with Crippen molar-refractivity contribution in [3.8, 4) is 0 Å². The molecule has 0 aliphatic rings. The molecule has 0 radical (unpaired) electrons. The molecule has 2 aromatic heterocycles. The third kappa shape index (κ3) is 4.38. The number of esters is 1. The lowest BCUT2D eigenvalue weighted by Gasteiger charge is -2.04. The van der Waals surface area contributed by atoms with Crippen LogP contribution in [0.4, 0.5) is 5.13 Å². The van der Waals surface area contributed by atoms with Crippen molar-refractivity contribution in [1.82, 2.24) is 14.8 Å². The van der Waals surface area contributed by atoms with Gasteiger partial charge in [0.05, 0.1) is 35.1 Å². The Kier molecular flexibility index (Phi) is 5.67. The van der Waals surface area contributed by atoms with Gasteiger partial charge in [0.1, 0.15) is 6.54 Å². The molecule has 2 heterocycles. The number of halogens is 1. The van der Waals surface area contributed by atoms with Gasteiger partial charge in [-0.1, -0.05) is 0 Å². The van der Waals surface area contributed by atoms with E-state index in [1.54, 1.807) is 23.2 Å². The Bertz CT molecular complexity index is 683. The van der Waals surface area contributed by atoms with Gasteiger partial charge in [-0.3, -0.25) is 14.3 Å². The standard InChI is InChI=1S/C13H15BrN4O3S/c1-3-21-12(20)4-9-7-22-13(16-9)17-11(19)6-18-8(2)10(14)5-15-18/h5,7H,3-4,6H2,1-2H3,(H,16,17,19). The van der Waals surface area contributed by atoms with E-state index in [1.807, 2.05) is 6.92 Å². The van der Waals surface area contributed by atoms with Crippen molar-refractivity contribution in [3.63, 3.8) is 0 Å². The van der Waals surface area contributed by atoms with Gasteiger partial charge in [0, 0.05) is 5.38 Å². The number of thiazole rings is 1. The quantitative estimate of drug-likeness (QED) is 0.768. The third-order valence-corrected chi connectivity index (χ3v) is 4.35. The largest absolute Gasteiger partial charge is 0.466 e. The number of hydrogen-bond donors (Lipinski definition) is 1. The molecule has 118 valence electrons. The van der Waals surface area contributed by atoms with E-state index in [0.29, 0.717) is 17.4 Å². The molecular formula is C13H15BrN4O3S.